The second kappa shape index (κ2) is 8.25. The van der Waals surface area contributed by atoms with Crippen LogP contribution in [-0.4, -0.2) is 22.1 Å². The minimum Gasteiger partial charge on any atom is -0.348 e. The van der Waals surface area contributed by atoms with Gasteiger partial charge in [-0.15, -0.1) is 10.2 Å². The topological polar surface area (TPSA) is 58.1 Å². The van der Waals surface area contributed by atoms with Gasteiger partial charge in [0.2, 0.25) is 0 Å². The van der Waals surface area contributed by atoms with Crippen molar-refractivity contribution in [2.75, 3.05) is 10.2 Å². The molecule has 1 heterocycles. The average molecular weight is 346 g/mol. The highest BCUT2D eigenvalue weighted by Crippen LogP contribution is 2.17. The molecule has 0 aliphatic rings. The second-order valence-corrected chi connectivity index (χ2v) is 6.30. The summed E-state index contributed by atoms with van der Waals surface area (Å²) < 4.78 is 0. The van der Waals surface area contributed by atoms with Crippen LogP contribution >= 0.6 is 0 Å². The van der Waals surface area contributed by atoms with Crippen LogP contribution in [0.3, 0.4) is 0 Å². The summed E-state index contributed by atoms with van der Waals surface area (Å²) in [6, 6.07) is 23.3. The maximum Gasteiger partial charge on any atom is 0.276 e. The van der Waals surface area contributed by atoms with Crippen molar-refractivity contribution in [1.29, 1.82) is 0 Å². The van der Waals surface area contributed by atoms with Gasteiger partial charge in [-0.3, -0.25) is 4.79 Å². The number of carbonyl (C=O) groups is 1. The summed E-state index contributed by atoms with van der Waals surface area (Å²) in [5.41, 5.74) is 2.23. The molecule has 0 aliphatic carbocycles. The highest BCUT2D eigenvalue weighted by molar-refractivity contribution is 6.02. The van der Waals surface area contributed by atoms with Crippen LogP contribution in [-0.2, 0) is 6.54 Å². The summed E-state index contributed by atoms with van der Waals surface area (Å²) in [4.78, 5) is 14.4. The zero-order valence-corrected chi connectivity index (χ0v) is 15.0. The summed E-state index contributed by atoms with van der Waals surface area (Å²) in [6.45, 7) is 4.96. The SMILES string of the molecule is CC(C)N(Cc1ccccc1)c1ccc(C(=O)Nc2ccccc2)nn1. The number of hydrogen-bond donors (Lipinski definition) is 1. The predicted octanol–water partition coefficient (Wildman–Crippen LogP) is 4.14. The lowest BCUT2D eigenvalue weighted by atomic mass is 10.2. The molecule has 1 N–H and O–H groups in total. The molecule has 0 bridgehead atoms. The van der Waals surface area contributed by atoms with Crippen molar-refractivity contribution in [2.24, 2.45) is 0 Å². The Labute approximate surface area is 153 Å². The molecule has 0 spiro atoms. The van der Waals surface area contributed by atoms with Gasteiger partial charge in [0.1, 0.15) is 0 Å². The highest BCUT2D eigenvalue weighted by Gasteiger charge is 2.15. The van der Waals surface area contributed by atoms with Gasteiger partial charge in [0, 0.05) is 18.3 Å². The minimum atomic E-state index is -0.269. The van der Waals surface area contributed by atoms with Crippen LogP contribution in [0.5, 0.6) is 0 Å². The first-order valence-electron chi connectivity index (χ1n) is 8.64. The maximum absolute atomic E-state index is 12.3. The number of amides is 1. The van der Waals surface area contributed by atoms with Crippen molar-refractivity contribution < 1.29 is 4.79 Å². The Hall–Kier alpha value is -3.21. The maximum atomic E-state index is 12.3. The molecule has 0 radical (unpaired) electrons. The first kappa shape index (κ1) is 17.6. The third-order valence-electron chi connectivity index (χ3n) is 4.03. The van der Waals surface area contributed by atoms with Crippen LogP contribution in [0.1, 0.15) is 29.9 Å². The summed E-state index contributed by atoms with van der Waals surface area (Å²) in [5, 5.41) is 11.2. The van der Waals surface area contributed by atoms with Crippen molar-refractivity contribution in [3.8, 4) is 0 Å². The largest absolute Gasteiger partial charge is 0.348 e. The molecule has 0 saturated heterocycles. The molecular formula is C21H22N4O. The zero-order valence-electron chi connectivity index (χ0n) is 15.0. The lowest BCUT2D eigenvalue weighted by molar-refractivity contribution is 0.102. The van der Waals surface area contributed by atoms with Crippen molar-refractivity contribution in [3.63, 3.8) is 0 Å². The second-order valence-electron chi connectivity index (χ2n) is 6.30. The van der Waals surface area contributed by atoms with Crippen molar-refractivity contribution in [1.82, 2.24) is 10.2 Å². The fourth-order valence-electron chi connectivity index (χ4n) is 2.62. The Bertz CT molecular complexity index is 833. The van der Waals surface area contributed by atoms with Crippen LogP contribution in [0.2, 0.25) is 0 Å². The molecule has 26 heavy (non-hydrogen) atoms. The number of aromatic nitrogens is 2. The molecule has 1 aromatic heterocycles. The molecule has 3 aromatic rings. The molecule has 2 aromatic carbocycles. The molecule has 0 saturated carbocycles. The van der Waals surface area contributed by atoms with Crippen molar-refractivity contribution in [2.45, 2.75) is 26.4 Å². The highest BCUT2D eigenvalue weighted by atomic mass is 16.1. The third kappa shape index (κ3) is 4.45. The molecule has 5 heteroatoms. The summed E-state index contributed by atoms with van der Waals surface area (Å²) >= 11 is 0. The molecule has 1 amide bonds. The Morgan fingerprint density at radius 1 is 0.923 bits per heavy atom. The first-order chi connectivity index (χ1) is 12.6. The predicted molar refractivity (Wildman–Crippen MR) is 104 cm³/mol. The molecule has 3 rings (SSSR count). The van der Waals surface area contributed by atoms with Gasteiger partial charge < -0.3 is 10.2 Å². The molecule has 0 atom stereocenters. The number of nitrogens with one attached hydrogen (secondary N) is 1. The lowest BCUT2D eigenvalue weighted by Gasteiger charge is -2.27. The molecule has 132 valence electrons. The average Bonchev–Trinajstić information content (AvgIpc) is 2.67. The van der Waals surface area contributed by atoms with Crippen LogP contribution < -0.4 is 10.2 Å². The zero-order chi connectivity index (χ0) is 18.4. The Kier molecular flexibility index (Phi) is 5.59. The normalized spacial score (nSPS) is 10.6. The van der Waals surface area contributed by atoms with Crippen LogP contribution in [0.25, 0.3) is 0 Å². The van der Waals surface area contributed by atoms with Crippen molar-refractivity contribution in [3.05, 3.63) is 84.1 Å². The third-order valence-corrected chi connectivity index (χ3v) is 4.03. The van der Waals surface area contributed by atoms with E-state index >= 15 is 0 Å². The first-order valence-corrected chi connectivity index (χ1v) is 8.64. The Balaban J connectivity index is 1.73. The number of carbonyl (C=O) groups excluding carboxylic acids is 1. The molecule has 5 nitrogen and oxygen atoms in total. The molecular weight excluding hydrogens is 324 g/mol. The van der Waals surface area contributed by atoms with E-state index in [9.17, 15) is 4.79 Å². The van der Waals surface area contributed by atoms with E-state index in [-0.39, 0.29) is 11.9 Å². The molecule has 0 fully saturated rings. The minimum absolute atomic E-state index is 0.258. The smallest absolute Gasteiger partial charge is 0.276 e. The monoisotopic (exact) mass is 346 g/mol. The van der Waals surface area contributed by atoms with E-state index < -0.39 is 0 Å². The fourth-order valence-corrected chi connectivity index (χ4v) is 2.62. The molecule has 0 aliphatic heterocycles. The Morgan fingerprint density at radius 2 is 1.58 bits per heavy atom. The van der Waals surface area contributed by atoms with Gasteiger partial charge in [0.05, 0.1) is 0 Å². The Morgan fingerprint density at radius 3 is 2.15 bits per heavy atom. The summed E-state index contributed by atoms with van der Waals surface area (Å²) in [6.07, 6.45) is 0. The van der Waals surface area contributed by atoms with Crippen molar-refractivity contribution >= 4 is 17.4 Å². The van der Waals surface area contributed by atoms with Gasteiger partial charge in [0.15, 0.2) is 11.5 Å². The molecule has 0 unspecified atom stereocenters. The number of rotatable bonds is 6. The number of anilines is 2. The van der Waals surface area contributed by atoms with Crippen LogP contribution in [0.4, 0.5) is 11.5 Å². The number of benzene rings is 2. The quantitative estimate of drug-likeness (QED) is 0.729. The van der Waals surface area contributed by atoms with E-state index in [1.54, 1.807) is 6.07 Å². The van der Waals surface area contributed by atoms with Gasteiger partial charge in [-0.05, 0) is 43.7 Å². The number of para-hydroxylation sites is 1. The standard InChI is InChI=1S/C21H22N4O/c1-16(2)25(15-17-9-5-3-6-10-17)20-14-13-19(23-24-20)21(26)22-18-11-7-4-8-12-18/h3-14,16H,15H2,1-2H3,(H,22,26). The van der Waals surface area contributed by atoms with Crippen LogP contribution in [0.15, 0.2) is 72.8 Å². The van der Waals surface area contributed by atoms with Gasteiger partial charge in [-0.2, -0.15) is 0 Å². The van der Waals surface area contributed by atoms with E-state index in [0.29, 0.717) is 5.69 Å². The summed E-state index contributed by atoms with van der Waals surface area (Å²) in [5.74, 6) is 0.481. The number of hydrogen-bond acceptors (Lipinski definition) is 4. The van der Waals surface area contributed by atoms with E-state index in [0.717, 1.165) is 18.1 Å². The fraction of sp³-hybridized carbons (Fsp3) is 0.190. The van der Waals surface area contributed by atoms with E-state index in [1.165, 1.54) is 5.56 Å². The van der Waals surface area contributed by atoms with E-state index in [4.69, 9.17) is 0 Å². The lowest BCUT2D eigenvalue weighted by Crippen LogP contribution is -2.31. The van der Waals surface area contributed by atoms with E-state index in [1.807, 2.05) is 54.6 Å². The summed E-state index contributed by atoms with van der Waals surface area (Å²) in [7, 11) is 0. The van der Waals surface area contributed by atoms with E-state index in [2.05, 4.69) is 46.4 Å². The van der Waals surface area contributed by atoms with Gasteiger partial charge in [0.25, 0.3) is 5.91 Å². The van der Waals surface area contributed by atoms with Crippen LogP contribution in [0, 0.1) is 0 Å². The van der Waals surface area contributed by atoms with Gasteiger partial charge in [-0.1, -0.05) is 48.5 Å². The van der Waals surface area contributed by atoms with Gasteiger partial charge in [-0.25, -0.2) is 0 Å². The van der Waals surface area contributed by atoms with Gasteiger partial charge >= 0.3 is 0 Å². The number of nitrogens with zero attached hydrogens (tertiary/aromatic N) is 3.